The number of rotatable bonds is 12. The Hall–Kier alpha value is -2.78. The van der Waals surface area contributed by atoms with Gasteiger partial charge in [-0.3, -0.25) is 9.69 Å². The molecule has 1 aliphatic carbocycles. The first-order valence-electron chi connectivity index (χ1n) is 15.3. The molecule has 7 nitrogen and oxygen atoms in total. The molecule has 0 radical (unpaired) electrons. The first-order chi connectivity index (χ1) is 20.2. The number of allylic oxidation sites excluding steroid dienone is 3. The number of hydrogen-bond donors (Lipinski definition) is 1. The lowest BCUT2D eigenvalue weighted by molar-refractivity contribution is -0.141. The maximum Gasteiger partial charge on any atom is 0.322 e. The normalized spacial score (nSPS) is 23.1. The van der Waals surface area contributed by atoms with Gasteiger partial charge in [0.1, 0.15) is 6.04 Å². The summed E-state index contributed by atoms with van der Waals surface area (Å²) < 4.78 is 26.6. The van der Waals surface area contributed by atoms with Gasteiger partial charge < -0.3 is 10.0 Å². The van der Waals surface area contributed by atoms with Gasteiger partial charge in [0, 0.05) is 37.6 Å². The summed E-state index contributed by atoms with van der Waals surface area (Å²) >= 11 is 0. The fourth-order valence-electron chi connectivity index (χ4n) is 6.63. The van der Waals surface area contributed by atoms with Crippen LogP contribution >= 0.6 is 0 Å². The summed E-state index contributed by atoms with van der Waals surface area (Å²) in [7, 11) is 0.660. The standard InChI is InChI=1S/C35H49N3O4S/c1-34(2,3)22-30(25-36(5)6)37(26-35(4)19-11-10-17-31(35)29-15-8-7-9-16-29)23-27-13-12-14-28(21-27)24-38-32(33(39)40)18-20-43(38,41)42/h7-17,21,30,32H,18-20,22-26H2,1-6H3,(H,39,40)/t30-,32?,35?/m0/s1. The van der Waals surface area contributed by atoms with Crippen LogP contribution in [0.1, 0.15) is 63.6 Å². The topological polar surface area (TPSA) is 81.2 Å². The molecular formula is C35H49N3O4S. The molecule has 1 fully saturated rings. The monoisotopic (exact) mass is 607 g/mol. The molecule has 2 aromatic carbocycles. The molecule has 0 amide bonds. The summed E-state index contributed by atoms with van der Waals surface area (Å²) in [5, 5.41) is 9.65. The maximum atomic E-state index is 12.7. The molecule has 1 N–H and O–H groups in total. The summed E-state index contributed by atoms with van der Waals surface area (Å²) in [6.45, 7) is 11.8. The summed E-state index contributed by atoms with van der Waals surface area (Å²) in [4.78, 5) is 16.7. The van der Waals surface area contributed by atoms with Crippen molar-refractivity contribution in [2.45, 2.75) is 72.1 Å². The molecule has 4 rings (SSSR count). The van der Waals surface area contributed by atoms with E-state index in [1.54, 1.807) is 0 Å². The van der Waals surface area contributed by atoms with Gasteiger partial charge in [-0.25, -0.2) is 8.42 Å². The molecule has 1 aliphatic heterocycles. The lowest BCUT2D eigenvalue weighted by atomic mass is 9.72. The molecule has 1 saturated heterocycles. The maximum absolute atomic E-state index is 12.7. The Morgan fingerprint density at radius 2 is 1.79 bits per heavy atom. The molecule has 2 aromatic rings. The minimum Gasteiger partial charge on any atom is -0.480 e. The Morgan fingerprint density at radius 3 is 2.44 bits per heavy atom. The average molecular weight is 608 g/mol. The molecule has 0 saturated carbocycles. The molecule has 43 heavy (non-hydrogen) atoms. The van der Waals surface area contributed by atoms with E-state index in [0.717, 1.165) is 41.4 Å². The number of sulfonamides is 1. The highest BCUT2D eigenvalue weighted by Crippen LogP contribution is 2.42. The fraction of sp³-hybridized carbons (Fsp3) is 0.514. The number of nitrogens with zero attached hydrogens (tertiary/aromatic N) is 3. The van der Waals surface area contributed by atoms with E-state index in [2.05, 4.69) is 112 Å². The average Bonchev–Trinajstić information content (AvgIpc) is 3.21. The Kier molecular flexibility index (Phi) is 10.4. The van der Waals surface area contributed by atoms with E-state index in [1.165, 1.54) is 11.1 Å². The highest BCUT2D eigenvalue weighted by molar-refractivity contribution is 7.89. The summed E-state index contributed by atoms with van der Waals surface area (Å²) in [5.41, 5.74) is 4.52. The van der Waals surface area contributed by atoms with Crippen LogP contribution in [0.3, 0.4) is 0 Å². The quantitative estimate of drug-likeness (QED) is 0.324. The number of benzene rings is 2. The van der Waals surface area contributed by atoms with E-state index in [-0.39, 0.29) is 35.6 Å². The van der Waals surface area contributed by atoms with E-state index in [1.807, 2.05) is 12.1 Å². The van der Waals surface area contributed by atoms with E-state index in [9.17, 15) is 18.3 Å². The van der Waals surface area contributed by atoms with Crippen LogP contribution in [-0.2, 0) is 27.9 Å². The van der Waals surface area contributed by atoms with E-state index in [0.29, 0.717) is 6.54 Å². The number of hydrogen-bond acceptors (Lipinski definition) is 5. The van der Waals surface area contributed by atoms with Crippen LogP contribution in [-0.4, -0.2) is 78.6 Å². The second-order valence-electron chi connectivity index (χ2n) is 14.0. The predicted molar refractivity (Wildman–Crippen MR) is 175 cm³/mol. The Labute approximate surface area is 258 Å². The van der Waals surface area contributed by atoms with Gasteiger partial charge in [0.25, 0.3) is 0 Å². The van der Waals surface area contributed by atoms with E-state index >= 15 is 0 Å². The molecule has 2 aliphatic rings. The number of carboxylic acids is 1. The molecule has 8 heteroatoms. The van der Waals surface area contributed by atoms with Crippen LogP contribution in [0.2, 0.25) is 0 Å². The zero-order valence-electron chi connectivity index (χ0n) is 26.7. The fourth-order valence-corrected chi connectivity index (χ4v) is 8.31. The molecular weight excluding hydrogens is 558 g/mol. The zero-order valence-corrected chi connectivity index (χ0v) is 27.5. The molecule has 0 spiro atoms. The van der Waals surface area contributed by atoms with Gasteiger partial charge in [0.15, 0.2) is 0 Å². The predicted octanol–water partition coefficient (Wildman–Crippen LogP) is 5.89. The van der Waals surface area contributed by atoms with Crippen molar-refractivity contribution in [3.63, 3.8) is 0 Å². The minimum atomic E-state index is -3.60. The summed E-state index contributed by atoms with van der Waals surface area (Å²) in [5.74, 6) is -1.21. The Morgan fingerprint density at radius 1 is 1.09 bits per heavy atom. The highest BCUT2D eigenvalue weighted by Gasteiger charge is 2.41. The van der Waals surface area contributed by atoms with Crippen LogP contribution in [0.15, 0.2) is 72.8 Å². The van der Waals surface area contributed by atoms with Gasteiger partial charge in [-0.15, -0.1) is 0 Å². The minimum absolute atomic E-state index is 0.0691. The van der Waals surface area contributed by atoms with Crippen molar-refractivity contribution in [1.29, 1.82) is 0 Å². The lowest BCUT2D eigenvalue weighted by Gasteiger charge is -2.44. The van der Waals surface area contributed by atoms with Gasteiger partial charge in [-0.2, -0.15) is 4.31 Å². The largest absolute Gasteiger partial charge is 0.480 e. The van der Waals surface area contributed by atoms with Crippen LogP contribution in [0, 0.1) is 10.8 Å². The zero-order chi connectivity index (χ0) is 31.4. The molecule has 2 unspecified atom stereocenters. The molecule has 0 bridgehead atoms. The van der Waals surface area contributed by atoms with Gasteiger partial charge >= 0.3 is 5.97 Å². The van der Waals surface area contributed by atoms with Crippen LogP contribution in [0.25, 0.3) is 5.57 Å². The SMILES string of the molecule is CN(C)C[C@H](CC(C)(C)C)N(Cc1cccc(CN2C(C(=O)O)CCS2(=O)=O)c1)CC1(C)CC=CC=C1c1ccccc1. The van der Waals surface area contributed by atoms with Crippen LogP contribution in [0.4, 0.5) is 0 Å². The van der Waals surface area contributed by atoms with E-state index < -0.39 is 22.0 Å². The van der Waals surface area contributed by atoms with Crippen molar-refractivity contribution < 1.29 is 18.3 Å². The van der Waals surface area contributed by atoms with Crippen molar-refractivity contribution in [2.24, 2.45) is 10.8 Å². The Balaban J connectivity index is 1.67. The highest BCUT2D eigenvalue weighted by atomic mass is 32.2. The van der Waals surface area contributed by atoms with E-state index in [4.69, 9.17) is 0 Å². The van der Waals surface area contributed by atoms with Crippen molar-refractivity contribution in [2.75, 3.05) is 32.9 Å². The number of carbonyl (C=O) groups is 1. The third-order valence-corrected chi connectivity index (χ3v) is 10.4. The van der Waals surface area contributed by atoms with Crippen molar-refractivity contribution in [3.05, 3.63) is 89.5 Å². The number of likely N-dealkylation sites (N-methyl/N-ethyl adjacent to an activating group) is 1. The summed E-state index contributed by atoms with van der Waals surface area (Å²) in [6, 6.07) is 17.9. The van der Waals surface area contributed by atoms with Gasteiger partial charge in [0.05, 0.1) is 5.75 Å². The smallest absolute Gasteiger partial charge is 0.322 e. The van der Waals surface area contributed by atoms with Crippen molar-refractivity contribution in [1.82, 2.24) is 14.1 Å². The third-order valence-electron chi connectivity index (χ3n) is 8.55. The second kappa shape index (κ2) is 13.5. The molecule has 3 atom stereocenters. The Bertz CT molecular complexity index is 1430. The third kappa shape index (κ3) is 8.66. The molecule has 1 heterocycles. The summed E-state index contributed by atoms with van der Waals surface area (Å²) in [6.07, 6.45) is 8.78. The van der Waals surface area contributed by atoms with Crippen LogP contribution < -0.4 is 0 Å². The van der Waals surface area contributed by atoms with Crippen molar-refractivity contribution in [3.8, 4) is 0 Å². The van der Waals surface area contributed by atoms with Crippen molar-refractivity contribution >= 4 is 21.6 Å². The number of carboxylic acid groups (broad SMARTS) is 1. The second-order valence-corrected chi connectivity index (χ2v) is 16.1. The number of aliphatic carboxylic acids is 1. The van der Waals surface area contributed by atoms with Gasteiger partial charge in [-0.05, 0) is 61.0 Å². The first kappa shape index (κ1) is 33.1. The van der Waals surface area contributed by atoms with Crippen LogP contribution in [0.5, 0.6) is 0 Å². The van der Waals surface area contributed by atoms with Gasteiger partial charge in [0.2, 0.25) is 10.0 Å². The molecule has 0 aromatic heterocycles. The lowest BCUT2D eigenvalue weighted by Crippen LogP contribution is -2.48. The first-order valence-corrected chi connectivity index (χ1v) is 16.9. The molecule has 234 valence electrons. The van der Waals surface area contributed by atoms with Gasteiger partial charge in [-0.1, -0.05) is 101 Å².